The lowest BCUT2D eigenvalue weighted by molar-refractivity contribution is -0.115. The third kappa shape index (κ3) is 7.06. The normalized spacial score (nSPS) is 13.3. The average Bonchev–Trinajstić information content (AvgIpc) is 2.91. The number of ether oxygens (including phenoxy) is 4. The summed E-state index contributed by atoms with van der Waals surface area (Å²) in [7, 11) is 4.61. The van der Waals surface area contributed by atoms with Gasteiger partial charge in [0, 0.05) is 18.2 Å². The van der Waals surface area contributed by atoms with Gasteiger partial charge in [-0.15, -0.1) is 0 Å². The number of amides is 1. The van der Waals surface area contributed by atoms with Crippen molar-refractivity contribution in [2.24, 2.45) is 0 Å². The Kier molecular flexibility index (Phi) is 9.53. The SMILES string of the molecule is COc1cc(C)cc(C(c2cc(C)cc(OC)c2)[C@H](C)OC[C@@](C)(C=O)NC(=O)c2nccc(OC)c2O)c1. The van der Waals surface area contributed by atoms with E-state index in [1.54, 1.807) is 21.1 Å². The van der Waals surface area contributed by atoms with E-state index < -0.39 is 23.3 Å². The van der Waals surface area contributed by atoms with E-state index in [-0.39, 0.29) is 24.0 Å². The molecule has 2 atom stereocenters. The van der Waals surface area contributed by atoms with Gasteiger partial charge in [0.2, 0.25) is 0 Å². The first kappa shape index (κ1) is 29.4. The summed E-state index contributed by atoms with van der Waals surface area (Å²) in [5.41, 5.74) is 2.33. The molecule has 0 unspecified atom stereocenters. The number of nitrogens with one attached hydrogen (secondary N) is 1. The summed E-state index contributed by atoms with van der Waals surface area (Å²) >= 11 is 0. The van der Waals surface area contributed by atoms with Crippen molar-refractivity contribution in [1.82, 2.24) is 10.3 Å². The number of hydrogen-bond donors (Lipinski definition) is 2. The number of aromatic hydroxyl groups is 1. The fourth-order valence-corrected chi connectivity index (χ4v) is 4.47. The molecule has 3 rings (SSSR count). The van der Waals surface area contributed by atoms with Crippen molar-refractivity contribution in [3.63, 3.8) is 0 Å². The smallest absolute Gasteiger partial charge is 0.274 e. The van der Waals surface area contributed by atoms with Crippen LogP contribution in [0.1, 0.15) is 52.5 Å². The summed E-state index contributed by atoms with van der Waals surface area (Å²) in [6.07, 6.45) is 1.51. The maximum absolute atomic E-state index is 12.9. The van der Waals surface area contributed by atoms with Gasteiger partial charge in [-0.05, 0) is 74.2 Å². The van der Waals surface area contributed by atoms with Crippen LogP contribution in [0.2, 0.25) is 0 Å². The number of aldehydes is 1. The van der Waals surface area contributed by atoms with Crippen molar-refractivity contribution in [2.75, 3.05) is 27.9 Å². The highest BCUT2D eigenvalue weighted by molar-refractivity contribution is 5.97. The molecule has 0 bridgehead atoms. The quantitative estimate of drug-likeness (QED) is 0.328. The fraction of sp³-hybridized carbons (Fsp3) is 0.367. The Morgan fingerprint density at radius 3 is 2.05 bits per heavy atom. The zero-order valence-electron chi connectivity index (χ0n) is 23.4. The van der Waals surface area contributed by atoms with Gasteiger partial charge in [0.15, 0.2) is 17.2 Å². The molecule has 208 valence electrons. The van der Waals surface area contributed by atoms with Crippen LogP contribution in [0.5, 0.6) is 23.0 Å². The lowest BCUT2D eigenvalue weighted by Crippen LogP contribution is -2.51. The van der Waals surface area contributed by atoms with E-state index in [9.17, 15) is 14.7 Å². The summed E-state index contributed by atoms with van der Waals surface area (Å²) in [6, 6.07) is 13.4. The topological polar surface area (TPSA) is 116 Å². The molecule has 0 saturated heterocycles. The van der Waals surface area contributed by atoms with Gasteiger partial charge in [0.1, 0.15) is 23.3 Å². The Morgan fingerprint density at radius 1 is 1.00 bits per heavy atom. The van der Waals surface area contributed by atoms with E-state index in [1.807, 2.05) is 45.0 Å². The van der Waals surface area contributed by atoms with Crippen LogP contribution in [0.15, 0.2) is 48.7 Å². The highest BCUT2D eigenvalue weighted by Gasteiger charge is 2.32. The van der Waals surface area contributed by atoms with Crippen LogP contribution in [0.3, 0.4) is 0 Å². The zero-order valence-corrected chi connectivity index (χ0v) is 23.4. The van der Waals surface area contributed by atoms with Crippen LogP contribution in [0.25, 0.3) is 0 Å². The summed E-state index contributed by atoms with van der Waals surface area (Å²) in [6.45, 7) is 7.31. The minimum Gasteiger partial charge on any atom is -0.503 e. The first-order valence-corrected chi connectivity index (χ1v) is 12.5. The highest BCUT2D eigenvalue weighted by Crippen LogP contribution is 2.35. The Labute approximate surface area is 229 Å². The average molecular weight is 537 g/mol. The third-order valence-electron chi connectivity index (χ3n) is 6.43. The summed E-state index contributed by atoms with van der Waals surface area (Å²) in [5, 5.41) is 12.9. The van der Waals surface area contributed by atoms with Gasteiger partial charge < -0.3 is 34.2 Å². The molecule has 0 aliphatic carbocycles. The number of carbonyl (C=O) groups is 2. The third-order valence-corrected chi connectivity index (χ3v) is 6.43. The molecule has 0 aliphatic rings. The van der Waals surface area contributed by atoms with E-state index in [2.05, 4.69) is 22.4 Å². The number of nitrogens with zero attached hydrogens (tertiary/aromatic N) is 1. The van der Waals surface area contributed by atoms with Crippen molar-refractivity contribution in [3.05, 3.63) is 76.6 Å². The number of carbonyl (C=O) groups excluding carboxylic acids is 2. The molecular weight excluding hydrogens is 500 g/mol. The monoisotopic (exact) mass is 536 g/mol. The second kappa shape index (κ2) is 12.6. The molecule has 2 aromatic carbocycles. The lowest BCUT2D eigenvalue weighted by Gasteiger charge is -2.31. The molecule has 39 heavy (non-hydrogen) atoms. The number of benzene rings is 2. The Bertz CT molecular complexity index is 1270. The van der Waals surface area contributed by atoms with Crippen LogP contribution in [0, 0.1) is 13.8 Å². The Morgan fingerprint density at radius 2 is 1.56 bits per heavy atom. The number of pyridine rings is 1. The number of aromatic nitrogens is 1. The molecule has 2 N–H and O–H groups in total. The van der Waals surface area contributed by atoms with Crippen molar-refractivity contribution in [2.45, 2.75) is 45.3 Å². The first-order valence-electron chi connectivity index (χ1n) is 12.5. The molecule has 0 aliphatic heterocycles. The van der Waals surface area contributed by atoms with Crippen LogP contribution in [-0.2, 0) is 9.53 Å². The van der Waals surface area contributed by atoms with E-state index in [0.717, 1.165) is 33.8 Å². The number of aryl methyl sites for hydroxylation is 2. The lowest BCUT2D eigenvalue weighted by atomic mass is 9.85. The number of hydrogen-bond acceptors (Lipinski definition) is 8. The maximum Gasteiger partial charge on any atom is 0.274 e. The van der Waals surface area contributed by atoms with Crippen molar-refractivity contribution in [3.8, 4) is 23.0 Å². The van der Waals surface area contributed by atoms with Gasteiger partial charge in [-0.25, -0.2) is 4.98 Å². The zero-order chi connectivity index (χ0) is 28.7. The van der Waals surface area contributed by atoms with Gasteiger partial charge in [-0.3, -0.25) is 4.79 Å². The van der Waals surface area contributed by atoms with Crippen molar-refractivity contribution >= 4 is 12.2 Å². The molecule has 0 saturated carbocycles. The second-order valence-electron chi connectivity index (χ2n) is 9.76. The van der Waals surface area contributed by atoms with Gasteiger partial charge in [0.05, 0.1) is 34.0 Å². The summed E-state index contributed by atoms with van der Waals surface area (Å²) < 4.78 is 22.4. The fourth-order valence-electron chi connectivity index (χ4n) is 4.47. The van der Waals surface area contributed by atoms with Crippen LogP contribution in [0.4, 0.5) is 0 Å². The molecule has 1 heterocycles. The van der Waals surface area contributed by atoms with Crippen LogP contribution < -0.4 is 19.5 Å². The van der Waals surface area contributed by atoms with Gasteiger partial charge in [0.25, 0.3) is 5.91 Å². The number of rotatable bonds is 12. The summed E-state index contributed by atoms with van der Waals surface area (Å²) in [5.74, 6) is 0.137. The predicted molar refractivity (Wildman–Crippen MR) is 147 cm³/mol. The Hall–Kier alpha value is -4.11. The molecule has 1 amide bonds. The largest absolute Gasteiger partial charge is 0.503 e. The van der Waals surface area contributed by atoms with E-state index in [4.69, 9.17) is 18.9 Å². The molecule has 9 nitrogen and oxygen atoms in total. The summed E-state index contributed by atoms with van der Waals surface area (Å²) in [4.78, 5) is 29.0. The molecular formula is C30H36N2O7. The molecule has 0 fully saturated rings. The number of methoxy groups -OCH3 is 3. The van der Waals surface area contributed by atoms with Crippen LogP contribution >= 0.6 is 0 Å². The van der Waals surface area contributed by atoms with E-state index in [0.29, 0.717) is 6.29 Å². The standard InChI is InChI=1S/C30H36N2O7/c1-18-10-21(14-23(12-18)36-5)26(22-11-19(2)13-24(15-22)37-6)20(3)39-17-30(4,16-33)32-29(35)27-28(34)25(38-7)8-9-31-27/h8-16,20,26,34H,17H2,1-7H3,(H,32,35)/t20-,30+/m0/s1. The Balaban J connectivity index is 1.91. The molecule has 1 aromatic heterocycles. The van der Waals surface area contributed by atoms with Gasteiger partial charge >= 0.3 is 0 Å². The van der Waals surface area contributed by atoms with Gasteiger partial charge in [-0.1, -0.05) is 12.1 Å². The van der Waals surface area contributed by atoms with Crippen molar-refractivity contribution in [1.29, 1.82) is 0 Å². The molecule has 0 spiro atoms. The highest BCUT2D eigenvalue weighted by atomic mass is 16.5. The first-order chi connectivity index (χ1) is 18.5. The molecule has 3 aromatic rings. The molecule has 9 heteroatoms. The second-order valence-corrected chi connectivity index (χ2v) is 9.76. The maximum atomic E-state index is 12.9. The minimum atomic E-state index is -1.40. The van der Waals surface area contributed by atoms with E-state index in [1.165, 1.54) is 19.4 Å². The van der Waals surface area contributed by atoms with Crippen LogP contribution in [-0.4, -0.2) is 61.9 Å². The predicted octanol–water partition coefficient (Wildman–Crippen LogP) is 4.35. The van der Waals surface area contributed by atoms with E-state index >= 15 is 0 Å². The minimum absolute atomic E-state index is 0.0952. The van der Waals surface area contributed by atoms with Gasteiger partial charge in [-0.2, -0.15) is 0 Å². The molecule has 0 radical (unpaired) electrons. The van der Waals surface area contributed by atoms with Crippen molar-refractivity contribution < 1.29 is 33.6 Å².